The highest BCUT2D eigenvalue weighted by atomic mass is 35.5. The molecule has 0 spiro atoms. The Morgan fingerprint density at radius 1 is 1.55 bits per heavy atom. The molecule has 0 radical (unpaired) electrons. The summed E-state index contributed by atoms with van der Waals surface area (Å²) in [5.74, 6) is 1.25. The van der Waals surface area contributed by atoms with Crippen LogP contribution in [0, 0.1) is 6.92 Å². The zero-order chi connectivity index (χ0) is 7.19. The zero-order valence-electron chi connectivity index (χ0n) is 6.20. The molecular weight excluding hydrogens is 166 g/mol. The number of hydrogen-bond acceptors (Lipinski definition) is 4. The van der Waals surface area contributed by atoms with E-state index in [1.807, 2.05) is 0 Å². The average Bonchev–Trinajstić information content (AvgIpc) is 2.45. The molecule has 0 bridgehead atoms. The molecule has 0 unspecified atom stereocenters. The maximum absolute atomic E-state index is 5.78. The van der Waals surface area contributed by atoms with Crippen molar-refractivity contribution in [2.24, 2.45) is 5.73 Å². The summed E-state index contributed by atoms with van der Waals surface area (Å²) in [6, 6.07) is 0. The van der Waals surface area contributed by atoms with Gasteiger partial charge >= 0.3 is 0 Å². The lowest BCUT2D eigenvalue weighted by Crippen LogP contribution is -2.18. The third kappa shape index (κ3) is 1.36. The van der Waals surface area contributed by atoms with Gasteiger partial charge in [-0.15, -0.1) is 12.4 Å². The van der Waals surface area contributed by atoms with Crippen LogP contribution in [-0.4, -0.2) is 10.1 Å². The summed E-state index contributed by atoms with van der Waals surface area (Å²) in [5, 5.41) is 3.66. The highest BCUT2D eigenvalue weighted by molar-refractivity contribution is 5.85. The van der Waals surface area contributed by atoms with Crippen LogP contribution in [-0.2, 0) is 5.54 Å². The van der Waals surface area contributed by atoms with E-state index in [-0.39, 0.29) is 17.9 Å². The van der Waals surface area contributed by atoms with E-state index in [9.17, 15) is 0 Å². The summed E-state index contributed by atoms with van der Waals surface area (Å²) in [6.45, 7) is 1.79. The van der Waals surface area contributed by atoms with Gasteiger partial charge in [0.25, 0.3) is 0 Å². The number of rotatable bonds is 1. The monoisotopic (exact) mass is 175 g/mol. The van der Waals surface area contributed by atoms with Crippen LogP contribution in [0.15, 0.2) is 4.52 Å². The molecule has 1 aromatic rings. The van der Waals surface area contributed by atoms with Crippen molar-refractivity contribution in [2.45, 2.75) is 25.3 Å². The second-order valence-electron chi connectivity index (χ2n) is 2.80. The van der Waals surface area contributed by atoms with Gasteiger partial charge in [-0.3, -0.25) is 0 Å². The van der Waals surface area contributed by atoms with Crippen molar-refractivity contribution >= 4 is 12.4 Å². The molecule has 1 aromatic heterocycles. The topological polar surface area (TPSA) is 64.9 Å². The SMILES string of the molecule is Cc1noc(C2(N)CC2)n1.Cl. The third-order valence-electron chi connectivity index (χ3n) is 1.74. The number of nitrogens with zero attached hydrogens (tertiary/aromatic N) is 2. The predicted molar refractivity (Wildman–Crippen MR) is 41.4 cm³/mol. The molecule has 1 aliphatic carbocycles. The molecule has 1 saturated carbocycles. The molecular formula is C6H10ClN3O. The van der Waals surface area contributed by atoms with E-state index in [0.717, 1.165) is 12.8 Å². The molecule has 2 rings (SSSR count). The van der Waals surface area contributed by atoms with Crippen LogP contribution in [0.2, 0.25) is 0 Å². The Balaban J connectivity index is 0.000000605. The zero-order valence-corrected chi connectivity index (χ0v) is 7.02. The fourth-order valence-corrected chi connectivity index (χ4v) is 0.848. The van der Waals surface area contributed by atoms with Gasteiger partial charge < -0.3 is 10.3 Å². The maximum Gasteiger partial charge on any atom is 0.246 e. The fourth-order valence-electron chi connectivity index (χ4n) is 0.848. The summed E-state index contributed by atoms with van der Waals surface area (Å²) in [4.78, 5) is 4.04. The number of hydrogen-bond donors (Lipinski definition) is 1. The van der Waals surface area contributed by atoms with E-state index in [1.54, 1.807) is 6.92 Å². The average molecular weight is 176 g/mol. The van der Waals surface area contributed by atoms with Crippen LogP contribution >= 0.6 is 12.4 Å². The van der Waals surface area contributed by atoms with Gasteiger partial charge in [0.1, 0.15) is 0 Å². The van der Waals surface area contributed by atoms with Gasteiger partial charge in [-0.05, 0) is 19.8 Å². The molecule has 4 nitrogen and oxygen atoms in total. The fraction of sp³-hybridized carbons (Fsp3) is 0.667. The molecule has 0 saturated heterocycles. The summed E-state index contributed by atoms with van der Waals surface area (Å²) in [5.41, 5.74) is 5.51. The van der Waals surface area contributed by atoms with E-state index in [4.69, 9.17) is 10.3 Å². The number of nitrogens with two attached hydrogens (primary N) is 1. The molecule has 1 heterocycles. The predicted octanol–water partition coefficient (Wildman–Crippen LogP) is 0.748. The van der Waals surface area contributed by atoms with Crippen LogP contribution in [0.4, 0.5) is 0 Å². The molecule has 2 N–H and O–H groups in total. The quantitative estimate of drug-likeness (QED) is 0.684. The highest BCUT2D eigenvalue weighted by Gasteiger charge is 2.45. The van der Waals surface area contributed by atoms with Crippen molar-refractivity contribution in [1.29, 1.82) is 0 Å². The van der Waals surface area contributed by atoms with Gasteiger partial charge in [-0.2, -0.15) is 4.98 Å². The Bertz CT molecular complexity index is 256. The Hall–Kier alpha value is -0.610. The minimum atomic E-state index is -0.277. The van der Waals surface area contributed by atoms with Gasteiger partial charge in [0.2, 0.25) is 5.89 Å². The molecule has 1 fully saturated rings. The molecule has 0 aromatic carbocycles. The van der Waals surface area contributed by atoms with Crippen LogP contribution < -0.4 is 5.73 Å². The summed E-state index contributed by atoms with van der Waals surface area (Å²) in [7, 11) is 0. The lowest BCUT2D eigenvalue weighted by molar-refractivity contribution is 0.345. The lowest BCUT2D eigenvalue weighted by atomic mass is 10.3. The van der Waals surface area contributed by atoms with E-state index in [1.165, 1.54) is 0 Å². The van der Waals surface area contributed by atoms with Gasteiger partial charge in [-0.25, -0.2) is 0 Å². The van der Waals surface area contributed by atoms with Crippen LogP contribution in [0.3, 0.4) is 0 Å². The molecule has 5 heteroatoms. The first-order valence-corrected chi connectivity index (χ1v) is 3.30. The second kappa shape index (κ2) is 2.46. The van der Waals surface area contributed by atoms with Crippen molar-refractivity contribution in [3.63, 3.8) is 0 Å². The van der Waals surface area contributed by atoms with Crippen molar-refractivity contribution in [3.05, 3.63) is 11.7 Å². The van der Waals surface area contributed by atoms with Crippen LogP contribution in [0.1, 0.15) is 24.6 Å². The standard InChI is InChI=1S/C6H9N3O.ClH/c1-4-8-5(10-9-4)6(7)2-3-6;/h2-3,7H2,1H3;1H. The Morgan fingerprint density at radius 3 is 2.55 bits per heavy atom. The molecule has 1 aliphatic rings. The maximum atomic E-state index is 5.78. The first-order chi connectivity index (χ1) is 4.71. The summed E-state index contributed by atoms with van der Waals surface area (Å²) < 4.78 is 4.91. The first kappa shape index (κ1) is 8.49. The Labute approximate surface area is 70.6 Å². The molecule has 62 valence electrons. The Morgan fingerprint density at radius 2 is 2.18 bits per heavy atom. The number of halogens is 1. The highest BCUT2D eigenvalue weighted by Crippen LogP contribution is 2.41. The third-order valence-corrected chi connectivity index (χ3v) is 1.74. The van der Waals surface area contributed by atoms with Crippen LogP contribution in [0.5, 0.6) is 0 Å². The van der Waals surface area contributed by atoms with Gasteiger partial charge in [-0.1, -0.05) is 5.16 Å². The van der Waals surface area contributed by atoms with Crippen LogP contribution in [0.25, 0.3) is 0 Å². The minimum absolute atomic E-state index is 0. The summed E-state index contributed by atoms with van der Waals surface area (Å²) in [6.07, 6.45) is 1.93. The first-order valence-electron chi connectivity index (χ1n) is 3.30. The normalized spacial score (nSPS) is 19.1. The van der Waals surface area contributed by atoms with Gasteiger partial charge in [0.05, 0.1) is 5.54 Å². The van der Waals surface area contributed by atoms with E-state index >= 15 is 0 Å². The van der Waals surface area contributed by atoms with Gasteiger partial charge in [0, 0.05) is 0 Å². The van der Waals surface area contributed by atoms with E-state index in [2.05, 4.69) is 10.1 Å². The molecule has 0 amide bonds. The van der Waals surface area contributed by atoms with E-state index < -0.39 is 0 Å². The number of aryl methyl sites for hydroxylation is 1. The van der Waals surface area contributed by atoms with Gasteiger partial charge in [0.15, 0.2) is 5.82 Å². The van der Waals surface area contributed by atoms with Crippen molar-refractivity contribution < 1.29 is 4.52 Å². The second-order valence-corrected chi connectivity index (χ2v) is 2.80. The largest absolute Gasteiger partial charge is 0.337 e. The lowest BCUT2D eigenvalue weighted by Gasteiger charge is -1.97. The van der Waals surface area contributed by atoms with Crippen molar-refractivity contribution in [3.8, 4) is 0 Å². The minimum Gasteiger partial charge on any atom is -0.337 e. The molecule has 0 aliphatic heterocycles. The smallest absolute Gasteiger partial charge is 0.246 e. The van der Waals surface area contributed by atoms with Crippen molar-refractivity contribution in [1.82, 2.24) is 10.1 Å². The Kier molecular flexibility index (Phi) is 1.90. The molecule has 0 atom stereocenters. The summed E-state index contributed by atoms with van der Waals surface area (Å²) >= 11 is 0. The number of aromatic nitrogens is 2. The van der Waals surface area contributed by atoms with Crippen molar-refractivity contribution in [2.75, 3.05) is 0 Å². The molecule has 11 heavy (non-hydrogen) atoms. The van der Waals surface area contributed by atoms with E-state index in [0.29, 0.717) is 11.7 Å².